The lowest BCUT2D eigenvalue weighted by molar-refractivity contribution is -0.116. The lowest BCUT2D eigenvalue weighted by atomic mass is 10.00. The van der Waals surface area contributed by atoms with E-state index >= 15 is 0 Å². The summed E-state index contributed by atoms with van der Waals surface area (Å²) in [6.45, 7) is 0. The minimum atomic E-state index is -0.181. The zero-order valence-corrected chi connectivity index (χ0v) is 11.3. The smallest absolute Gasteiger partial charge is 0.255 e. The molecule has 2 amide bonds. The molecule has 0 saturated carbocycles. The quantitative estimate of drug-likeness (QED) is 0.739. The summed E-state index contributed by atoms with van der Waals surface area (Å²) >= 11 is 0. The molecule has 1 aliphatic rings. The Morgan fingerprint density at radius 1 is 1.10 bits per heavy atom. The van der Waals surface area contributed by atoms with E-state index in [-0.39, 0.29) is 11.8 Å². The van der Waals surface area contributed by atoms with Gasteiger partial charge in [0.15, 0.2) is 0 Å². The van der Waals surface area contributed by atoms with Crippen LogP contribution in [0.1, 0.15) is 22.3 Å². The van der Waals surface area contributed by atoms with Crippen LogP contribution in [0.15, 0.2) is 42.5 Å². The Balaban J connectivity index is 1.79. The van der Waals surface area contributed by atoms with Gasteiger partial charge in [-0.1, -0.05) is 0 Å². The maximum Gasteiger partial charge on any atom is 0.255 e. The van der Waals surface area contributed by atoms with Crippen molar-refractivity contribution in [3.63, 3.8) is 0 Å². The van der Waals surface area contributed by atoms with E-state index in [0.29, 0.717) is 29.8 Å². The molecule has 3 rings (SSSR count). The number of hydrogen-bond acceptors (Lipinski definition) is 3. The first kappa shape index (κ1) is 13.2. The molecule has 0 saturated heterocycles. The van der Waals surface area contributed by atoms with E-state index in [2.05, 4.69) is 10.6 Å². The van der Waals surface area contributed by atoms with Crippen molar-refractivity contribution < 1.29 is 9.59 Å². The maximum atomic E-state index is 12.2. The van der Waals surface area contributed by atoms with Crippen LogP contribution in [0.2, 0.25) is 0 Å². The molecule has 0 bridgehead atoms. The summed E-state index contributed by atoms with van der Waals surface area (Å²) in [4.78, 5) is 23.5. The number of nitrogen functional groups attached to an aromatic ring is 1. The summed E-state index contributed by atoms with van der Waals surface area (Å²) in [5, 5.41) is 5.62. The molecule has 5 heteroatoms. The molecule has 21 heavy (non-hydrogen) atoms. The summed E-state index contributed by atoms with van der Waals surface area (Å²) in [6.07, 6.45) is 1.11. The van der Waals surface area contributed by atoms with E-state index < -0.39 is 0 Å². The molecule has 2 aromatic carbocycles. The number of rotatable bonds is 2. The number of carbonyl (C=O) groups is 2. The fourth-order valence-corrected chi connectivity index (χ4v) is 2.29. The Kier molecular flexibility index (Phi) is 3.31. The Hall–Kier alpha value is -2.82. The van der Waals surface area contributed by atoms with E-state index in [9.17, 15) is 9.59 Å². The molecular weight excluding hydrogens is 266 g/mol. The third-order valence-corrected chi connectivity index (χ3v) is 3.43. The molecule has 0 radical (unpaired) electrons. The van der Waals surface area contributed by atoms with Crippen molar-refractivity contribution in [2.45, 2.75) is 12.8 Å². The van der Waals surface area contributed by atoms with Crippen LogP contribution in [0.4, 0.5) is 17.1 Å². The van der Waals surface area contributed by atoms with Crippen LogP contribution in [0.3, 0.4) is 0 Å². The van der Waals surface area contributed by atoms with Crippen molar-refractivity contribution >= 4 is 28.9 Å². The van der Waals surface area contributed by atoms with Gasteiger partial charge >= 0.3 is 0 Å². The fraction of sp³-hybridized carbons (Fsp3) is 0.125. The SMILES string of the molecule is Nc1ccc(NC(=O)c2ccc3c(c2)CCC(=O)N3)cc1. The minimum absolute atomic E-state index is 0.0153. The van der Waals surface area contributed by atoms with E-state index in [1.165, 1.54) is 0 Å². The highest BCUT2D eigenvalue weighted by Gasteiger charge is 2.16. The van der Waals surface area contributed by atoms with Crippen LogP contribution in [-0.4, -0.2) is 11.8 Å². The van der Waals surface area contributed by atoms with Gasteiger partial charge in [0.2, 0.25) is 5.91 Å². The van der Waals surface area contributed by atoms with Gasteiger partial charge in [-0.15, -0.1) is 0 Å². The summed E-state index contributed by atoms with van der Waals surface area (Å²) in [5.41, 5.74) is 9.30. The molecule has 5 nitrogen and oxygen atoms in total. The largest absolute Gasteiger partial charge is 0.399 e. The van der Waals surface area contributed by atoms with E-state index in [1.54, 1.807) is 36.4 Å². The summed E-state index contributed by atoms with van der Waals surface area (Å²) < 4.78 is 0. The highest BCUT2D eigenvalue weighted by molar-refractivity contribution is 6.05. The highest BCUT2D eigenvalue weighted by Crippen LogP contribution is 2.24. The molecule has 2 aromatic rings. The van der Waals surface area contributed by atoms with Crippen LogP contribution in [0.5, 0.6) is 0 Å². The molecule has 0 unspecified atom stereocenters. The van der Waals surface area contributed by atoms with Crippen molar-refractivity contribution in [1.82, 2.24) is 0 Å². The van der Waals surface area contributed by atoms with Gasteiger partial charge in [-0.25, -0.2) is 0 Å². The molecular formula is C16H15N3O2. The lowest BCUT2D eigenvalue weighted by Gasteiger charge is -2.17. The molecule has 4 N–H and O–H groups in total. The van der Waals surface area contributed by atoms with Crippen LogP contribution >= 0.6 is 0 Å². The molecule has 0 fully saturated rings. The zero-order chi connectivity index (χ0) is 14.8. The number of hydrogen-bond donors (Lipinski definition) is 3. The van der Waals surface area contributed by atoms with Gasteiger partial charge in [0, 0.05) is 29.0 Å². The topological polar surface area (TPSA) is 84.2 Å². The van der Waals surface area contributed by atoms with Gasteiger partial charge < -0.3 is 16.4 Å². The van der Waals surface area contributed by atoms with Gasteiger partial charge in [-0.05, 0) is 54.4 Å². The molecule has 1 heterocycles. The predicted molar refractivity (Wildman–Crippen MR) is 82.2 cm³/mol. The second-order valence-electron chi connectivity index (χ2n) is 5.00. The Labute approximate surface area is 122 Å². The first-order chi connectivity index (χ1) is 10.1. The van der Waals surface area contributed by atoms with E-state index in [1.807, 2.05) is 6.07 Å². The molecule has 0 aliphatic carbocycles. The lowest BCUT2D eigenvalue weighted by Crippen LogP contribution is -2.20. The summed E-state index contributed by atoms with van der Waals surface area (Å²) in [6, 6.07) is 12.3. The maximum absolute atomic E-state index is 12.2. The normalized spacial score (nSPS) is 13.2. The monoisotopic (exact) mass is 281 g/mol. The Morgan fingerprint density at radius 3 is 2.62 bits per heavy atom. The molecule has 1 aliphatic heterocycles. The number of benzene rings is 2. The second kappa shape index (κ2) is 5.28. The molecule has 0 atom stereocenters. The van der Waals surface area contributed by atoms with Crippen LogP contribution < -0.4 is 16.4 Å². The van der Waals surface area contributed by atoms with Crippen molar-refractivity contribution in [3.8, 4) is 0 Å². The van der Waals surface area contributed by atoms with Crippen molar-refractivity contribution in [1.29, 1.82) is 0 Å². The Morgan fingerprint density at radius 2 is 1.86 bits per heavy atom. The minimum Gasteiger partial charge on any atom is -0.399 e. The first-order valence-corrected chi connectivity index (χ1v) is 6.71. The number of amides is 2. The van der Waals surface area contributed by atoms with Gasteiger partial charge in [-0.2, -0.15) is 0 Å². The number of fused-ring (bicyclic) bond motifs is 1. The van der Waals surface area contributed by atoms with Crippen LogP contribution in [0.25, 0.3) is 0 Å². The standard InChI is InChI=1S/C16H15N3O2/c17-12-3-5-13(6-4-12)18-16(21)11-1-7-14-10(9-11)2-8-15(20)19-14/h1,3-7,9H,2,8,17H2,(H,18,21)(H,19,20). The van der Waals surface area contributed by atoms with E-state index in [0.717, 1.165) is 11.3 Å². The van der Waals surface area contributed by atoms with Crippen LogP contribution in [-0.2, 0) is 11.2 Å². The number of carbonyl (C=O) groups excluding carboxylic acids is 2. The predicted octanol–water partition coefficient (Wildman–Crippen LogP) is 2.41. The molecule has 0 spiro atoms. The van der Waals surface area contributed by atoms with Crippen LogP contribution in [0, 0.1) is 0 Å². The molecule has 106 valence electrons. The molecule has 0 aromatic heterocycles. The van der Waals surface area contributed by atoms with Crippen molar-refractivity contribution in [3.05, 3.63) is 53.6 Å². The number of anilines is 3. The van der Waals surface area contributed by atoms with Gasteiger partial charge in [0.25, 0.3) is 5.91 Å². The first-order valence-electron chi connectivity index (χ1n) is 6.71. The number of aryl methyl sites for hydroxylation is 1. The zero-order valence-electron chi connectivity index (χ0n) is 11.3. The summed E-state index contributed by atoms with van der Waals surface area (Å²) in [7, 11) is 0. The summed E-state index contributed by atoms with van der Waals surface area (Å²) in [5.74, 6) is -0.166. The second-order valence-corrected chi connectivity index (χ2v) is 5.00. The number of nitrogens with two attached hydrogens (primary N) is 1. The average Bonchev–Trinajstić information content (AvgIpc) is 2.49. The van der Waals surface area contributed by atoms with E-state index in [4.69, 9.17) is 5.73 Å². The highest BCUT2D eigenvalue weighted by atomic mass is 16.2. The third kappa shape index (κ3) is 2.86. The van der Waals surface area contributed by atoms with Gasteiger partial charge in [0.1, 0.15) is 0 Å². The fourth-order valence-electron chi connectivity index (χ4n) is 2.29. The van der Waals surface area contributed by atoms with Crippen molar-refractivity contribution in [2.75, 3.05) is 16.4 Å². The Bertz CT molecular complexity index is 708. The van der Waals surface area contributed by atoms with Crippen molar-refractivity contribution in [2.24, 2.45) is 0 Å². The average molecular weight is 281 g/mol. The van der Waals surface area contributed by atoms with Gasteiger partial charge in [0.05, 0.1) is 0 Å². The van der Waals surface area contributed by atoms with Gasteiger partial charge in [-0.3, -0.25) is 9.59 Å². The third-order valence-electron chi connectivity index (χ3n) is 3.43. The number of nitrogens with one attached hydrogen (secondary N) is 2.